The number of anilines is 1. The summed E-state index contributed by atoms with van der Waals surface area (Å²) in [5.41, 5.74) is 5.35. The predicted octanol–water partition coefficient (Wildman–Crippen LogP) is 3.93. The van der Waals surface area contributed by atoms with Gasteiger partial charge in [-0.15, -0.1) is 5.10 Å². The van der Waals surface area contributed by atoms with E-state index in [2.05, 4.69) is 54.3 Å². The van der Waals surface area contributed by atoms with Crippen LogP contribution in [0.3, 0.4) is 0 Å². The van der Waals surface area contributed by atoms with Gasteiger partial charge in [0.1, 0.15) is 11.6 Å². The molecule has 0 amide bonds. The molecule has 10 heteroatoms. The highest BCUT2D eigenvalue weighted by Crippen LogP contribution is 2.43. The SMILES string of the molecule is CCOc1cc(-c2ccc(N3CCC4(CC3)CN4Cc3ccc(OC)nc3)nc2)c2c3cn[nH]c3nn2c1. The number of aromatic nitrogens is 6. The van der Waals surface area contributed by atoms with Crippen molar-refractivity contribution in [1.82, 2.24) is 34.7 Å². The van der Waals surface area contributed by atoms with E-state index in [-0.39, 0.29) is 0 Å². The fraction of sp³-hybridized carbons (Fsp3) is 0.357. The first kappa shape index (κ1) is 23.0. The van der Waals surface area contributed by atoms with E-state index in [0.717, 1.165) is 78.3 Å². The molecule has 10 nitrogen and oxygen atoms in total. The van der Waals surface area contributed by atoms with Gasteiger partial charge in [0.2, 0.25) is 5.88 Å². The Morgan fingerprint density at radius 2 is 1.95 bits per heavy atom. The summed E-state index contributed by atoms with van der Waals surface area (Å²) in [4.78, 5) is 14.2. The van der Waals surface area contributed by atoms with Crippen LogP contribution in [-0.4, -0.2) is 73.6 Å². The van der Waals surface area contributed by atoms with Crippen LogP contribution in [0, 0.1) is 0 Å². The Balaban J connectivity index is 1.06. The Labute approximate surface area is 220 Å². The van der Waals surface area contributed by atoms with Crippen LogP contribution >= 0.6 is 0 Å². The minimum absolute atomic E-state index is 0.319. The van der Waals surface area contributed by atoms with Crippen LogP contribution in [-0.2, 0) is 6.54 Å². The molecule has 7 rings (SSSR count). The number of hydrogen-bond donors (Lipinski definition) is 1. The first-order valence-electron chi connectivity index (χ1n) is 13.1. The summed E-state index contributed by atoms with van der Waals surface area (Å²) >= 11 is 0. The molecule has 1 atom stereocenters. The molecular weight excluding hydrogens is 480 g/mol. The lowest BCUT2D eigenvalue weighted by Crippen LogP contribution is -2.40. The highest BCUT2D eigenvalue weighted by atomic mass is 16.5. The number of H-pyrrole nitrogens is 1. The van der Waals surface area contributed by atoms with Crippen molar-refractivity contribution in [2.45, 2.75) is 31.8 Å². The molecule has 0 radical (unpaired) electrons. The van der Waals surface area contributed by atoms with Crippen LogP contribution in [0.5, 0.6) is 11.6 Å². The highest BCUT2D eigenvalue weighted by molar-refractivity contribution is 6.00. The summed E-state index contributed by atoms with van der Waals surface area (Å²) in [7, 11) is 1.65. The molecular formula is C28H30N8O2. The van der Waals surface area contributed by atoms with Gasteiger partial charge < -0.3 is 14.4 Å². The van der Waals surface area contributed by atoms with Crippen LogP contribution in [0.25, 0.3) is 27.7 Å². The largest absolute Gasteiger partial charge is 0.492 e. The van der Waals surface area contributed by atoms with E-state index in [9.17, 15) is 0 Å². The van der Waals surface area contributed by atoms with Crippen molar-refractivity contribution in [1.29, 1.82) is 0 Å². The van der Waals surface area contributed by atoms with Crippen molar-refractivity contribution >= 4 is 22.4 Å². The molecule has 0 saturated carbocycles. The number of pyridine rings is 3. The maximum Gasteiger partial charge on any atom is 0.212 e. The minimum atomic E-state index is 0.319. The maximum atomic E-state index is 5.82. The van der Waals surface area contributed by atoms with E-state index < -0.39 is 0 Å². The molecule has 194 valence electrons. The predicted molar refractivity (Wildman–Crippen MR) is 145 cm³/mol. The van der Waals surface area contributed by atoms with Crippen molar-refractivity contribution in [3.05, 3.63) is 60.7 Å². The van der Waals surface area contributed by atoms with Gasteiger partial charge in [0.25, 0.3) is 0 Å². The summed E-state index contributed by atoms with van der Waals surface area (Å²) in [6, 6.07) is 10.4. The molecule has 2 fully saturated rings. The van der Waals surface area contributed by atoms with Gasteiger partial charge in [0.15, 0.2) is 5.65 Å². The first-order valence-corrected chi connectivity index (χ1v) is 13.1. The number of rotatable bonds is 7. The molecule has 38 heavy (non-hydrogen) atoms. The van der Waals surface area contributed by atoms with Crippen LogP contribution < -0.4 is 14.4 Å². The Bertz CT molecular complexity index is 1580. The second-order valence-corrected chi connectivity index (χ2v) is 10.1. The van der Waals surface area contributed by atoms with Crippen LogP contribution in [0.2, 0.25) is 0 Å². The number of aromatic amines is 1. The molecule has 1 unspecified atom stereocenters. The summed E-state index contributed by atoms with van der Waals surface area (Å²) in [6.45, 7) is 6.68. The molecule has 5 aromatic heterocycles. The number of hydrogen-bond acceptors (Lipinski definition) is 8. The topological polar surface area (TPSA) is 96.5 Å². The average Bonchev–Trinajstić information content (AvgIpc) is 3.24. The summed E-state index contributed by atoms with van der Waals surface area (Å²) in [5.74, 6) is 2.46. The Morgan fingerprint density at radius 3 is 2.68 bits per heavy atom. The smallest absolute Gasteiger partial charge is 0.212 e. The van der Waals surface area contributed by atoms with E-state index in [1.54, 1.807) is 7.11 Å². The molecule has 0 aromatic carbocycles. The third-order valence-electron chi connectivity index (χ3n) is 7.92. The van der Waals surface area contributed by atoms with E-state index in [4.69, 9.17) is 14.5 Å². The van der Waals surface area contributed by atoms with Gasteiger partial charge in [0.05, 0.1) is 37.0 Å². The molecule has 0 aliphatic carbocycles. The van der Waals surface area contributed by atoms with Crippen molar-refractivity contribution < 1.29 is 9.47 Å². The second-order valence-electron chi connectivity index (χ2n) is 10.1. The molecule has 2 saturated heterocycles. The summed E-state index contributed by atoms with van der Waals surface area (Å²) in [5, 5.41) is 12.7. The Hall–Kier alpha value is -4.18. The monoisotopic (exact) mass is 510 g/mol. The lowest BCUT2D eigenvalue weighted by Gasteiger charge is -2.33. The summed E-state index contributed by atoms with van der Waals surface area (Å²) < 4.78 is 12.9. The van der Waals surface area contributed by atoms with Gasteiger partial charge in [-0.05, 0) is 43.5 Å². The molecule has 0 bridgehead atoms. The number of fused-ring (bicyclic) bond motifs is 3. The lowest BCUT2D eigenvalue weighted by molar-refractivity contribution is 0.335. The highest BCUT2D eigenvalue weighted by Gasteiger charge is 2.52. The first-order chi connectivity index (χ1) is 18.7. The van der Waals surface area contributed by atoms with Crippen molar-refractivity contribution in [2.75, 3.05) is 38.3 Å². The zero-order valence-electron chi connectivity index (χ0n) is 21.6. The molecule has 7 heterocycles. The molecule has 1 N–H and O–H groups in total. The zero-order valence-corrected chi connectivity index (χ0v) is 21.6. The number of nitrogens with one attached hydrogen (secondary N) is 1. The number of methoxy groups -OCH3 is 1. The molecule has 2 aliphatic heterocycles. The number of piperidine rings is 1. The fourth-order valence-corrected chi connectivity index (χ4v) is 5.75. The van der Waals surface area contributed by atoms with Crippen molar-refractivity contribution in [3.8, 4) is 22.8 Å². The van der Waals surface area contributed by atoms with Gasteiger partial charge in [-0.3, -0.25) is 10.00 Å². The average molecular weight is 511 g/mol. The van der Waals surface area contributed by atoms with Gasteiger partial charge in [-0.25, -0.2) is 14.5 Å². The van der Waals surface area contributed by atoms with E-state index >= 15 is 0 Å². The number of nitrogens with zero attached hydrogens (tertiary/aromatic N) is 7. The second kappa shape index (κ2) is 8.98. The van der Waals surface area contributed by atoms with Crippen molar-refractivity contribution in [3.63, 3.8) is 0 Å². The molecule has 5 aromatic rings. The summed E-state index contributed by atoms with van der Waals surface area (Å²) in [6.07, 6.45) is 9.90. The standard InChI is InChI=1S/C28H30N8O2/c1-3-38-21-12-22(26-23-15-31-32-27(23)33-36(26)17-21)20-5-6-24(29-14-20)34-10-8-28(9-11-34)18-35(28)16-19-4-7-25(37-2)30-13-19/h4-7,12-15,17H,3,8-11,16,18H2,1-2H3,(H,32,33). The fourth-order valence-electron chi connectivity index (χ4n) is 5.75. The number of ether oxygens (including phenoxy) is 2. The van der Waals surface area contributed by atoms with Gasteiger partial charge >= 0.3 is 0 Å². The van der Waals surface area contributed by atoms with Crippen molar-refractivity contribution in [2.24, 2.45) is 0 Å². The normalized spacial score (nSPS) is 18.4. The maximum absolute atomic E-state index is 5.82. The third-order valence-corrected chi connectivity index (χ3v) is 7.92. The van der Waals surface area contributed by atoms with Gasteiger partial charge in [-0.2, -0.15) is 5.10 Å². The van der Waals surface area contributed by atoms with E-state index in [1.165, 1.54) is 5.56 Å². The van der Waals surface area contributed by atoms with Crippen LogP contribution in [0.1, 0.15) is 25.3 Å². The molecule has 1 spiro atoms. The third kappa shape index (κ3) is 3.92. The van der Waals surface area contributed by atoms with E-state index in [0.29, 0.717) is 18.0 Å². The van der Waals surface area contributed by atoms with Gasteiger partial charge in [0, 0.05) is 61.3 Å². The van der Waals surface area contributed by atoms with Crippen LogP contribution in [0.4, 0.5) is 5.82 Å². The molecule has 2 aliphatic rings. The quantitative estimate of drug-likeness (QED) is 0.329. The van der Waals surface area contributed by atoms with E-state index in [1.807, 2.05) is 42.3 Å². The lowest BCUT2D eigenvalue weighted by atomic mass is 9.96. The zero-order chi connectivity index (χ0) is 25.7. The Kier molecular flexibility index (Phi) is 5.43. The van der Waals surface area contributed by atoms with Crippen LogP contribution in [0.15, 0.2) is 55.1 Å². The minimum Gasteiger partial charge on any atom is -0.492 e. The Morgan fingerprint density at radius 1 is 1.05 bits per heavy atom. The van der Waals surface area contributed by atoms with Gasteiger partial charge in [-0.1, -0.05) is 6.07 Å².